The number of likely N-dealkylation sites (tertiary alicyclic amines) is 1. The van der Waals surface area contributed by atoms with Crippen molar-refractivity contribution in [3.05, 3.63) is 63.3 Å². The first-order valence-electron chi connectivity index (χ1n) is 12.2. The van der Waals surface area contributed by atoms with Gasteiger partial charge in [-0.1, -0.05) is 30.3 Å². The standard InChI is InChI=1S/C26H32N4O2/c31-24(14-19-6-7-19)29-12-9-26(10-13-29)15-23-27-22-8-11-28(16-20-4-2-1-3-5-20)17-21(22)25(32)30(23)18-26/h1-5,19H,6-18H2. The van der Waals surface area contributed by atoms with E-state index in [2.05, 4.69) is 34.1 Å². The summed E-state index contributed by atoms with van der Waals surface area (Å²) in [5, 5.41) is 0. The Kier molecular flexibility index (Phi) is 4.94. The number of benzene rings is 1. The summed E-state index contributed by atoms with van der Waals surface area (Å²) in [6.07, 6.45) is 6.88. The van der Waals surface area contributed by atoms with Crippen LogP contribution in [0.4, 0.5) is 0 Å². The van der Waals surface area contributed by atoms with Crippen molar-refractivity contribution < 1.29 is 4.79 Å². The monoisotopic (exact) mass is 432 g/mol. The third kappa shape index (κ3) is 3.79. The molecule has 4 aliphatic rings. The van der Waals surface area contributed by atoms with Gasteiger partial charge >= 0.3 is 0 Å². The quantitative estimate of drug-likeness (QED) is 0.746. The summed E-state index contributed by atoms with van der Waals surface area (Å²) in [6, 6.07) is 10.5. The normalized spacial score (nSPS) is 22.1. The van der Waals surface area contributed by atoms with Crippen LogP contribution in [-0.4, -0.2) is 44.9 Å². The second-order valence-electron chi connectivity index (χ2n) is 10.5. The fraction of sp³-hybridized carbons (Fsp3) is 0.577. The van der Waals surface area contributed by atoms with E-state index in [1.54, 1.807) is 0 Å². The van der Waals surface area contributed by atoms with Gasteiger partial charge in [-0.15, -0.1) is 0 Å². The molecule has 1 aromatic carbocycles. The molecule has 6 heteroatoms. The van der Waals surface area contributed by atoms with Crippen molar-refractivity contribution in [1.82, 2.24) is 19.4 Å². The molecule has 0 bridgehead atoms. The molecular weight excluding hydrogens is 400 g/mol. The topological polar surface area (TPSA) is 58.4 Å². The van der Waals surface area contributed by atoms with Gasteiger partial charge in [-0.3, -0.25) is 19.1 Å². The number of carbonyl (C=O) groups excluding carboxylic acids is 1. The van der Waals surface area contributed by atoms with E-state index in [0.29, 0.717) is 18.4 Å². The van der Waals surface area contributed by atoms with Gasteiger partial charge in [0.25, 0.3) is 5.56 Å². The number of amides is 1. The number of carbonyl (C=O) groups is 1. The van der Waals surface area contributed by atoms with Crippen LogP contribution < -0.4 is 5.56 Å². The molecule has 1 aromatic heterocycles. The molecule has 1 saturated heterocycles. The summed E-state index contributed by atoms with van der Waals surface area (Å²) in [4.78, 5) is 35.4. The fourth-order valence-electron chi connectivity index (χ4n) is 5.88. The van der Waals surface area contributed by atoms with E-state index in [9.17, 15) is 9.59 Å². The van der Waals surface area contributed by atoms with Crippen molar-refractivity contribution in [2.45, 2.75) is 64.6 Å². The maximum atomic E-state index is 13.5. The lowest BCUT2D eigenvalue weighted by Crippen LogP contribution is -2.44. The minimum Gasteiger partial charge on any atom is -0.343 e. The summed E-state index contributed by atoms with van der Waals surface area (Å²) in [7, 11) is 0. The predicted octanol–water partition coefficient (Wildman–Crippen LogP) is 2.77. The van der Waals surface area contributed by atoms with Crippen LogP contribution in [0.1, 0.15) is 54.7 Å². The van der Waals surface area contributed by atoms with E-state index < -0.39 is 0 Å². The van der Waals surface area contributed by atoms with E-state index in [1.807, 2.05) is 10.6 Å². The van der Waals surface area contributed by atoms with Crippen LogP contribution in [0.2, 0.25) is 0 Å². The molecule has 4 heterocycles. The fourth-order valence-corrected chi connectivity index (χ4v) is 5.88. The maximum Gasteiger partial charge on any atom is 0.258 e. The summed E-state index contributed by atoms with van der Waals surface area (Å²) >= 11 is 0. The molecule has 0 radical (unpaired) electrons. The van der Waals surface area contributed by atoms with Crippen molar-refractivity contribution in [1.29, 1.82) is 0 Å². The SMILES string of the molecule is O=C(CC1CC1)N1CCC2(CC1)Cc1nc3c(c(=O)n1C2)CN(Cc1ccccc1)CC3. The van der Waals surface area contributed by atoms with Gasteiger partial charge in [-0.25, -0.2) is 4.98 Å². The number of aromatic nitrogens is 2. The van der Waals surface area contributed by atoms with Crippen LogP contribution in [0.25, 0.3) is 0 Å². The average Bonchev–Trinajstić information content (AvgIpc) is 3.55. The minimum atomic E-state index is 0.100. The molecule has 1 amide bonds. The molecular formula is C26H32N4O2. The summed E-state index contributed by atoms with van der Waals surface area (Å²) in [5.74, 6) is 1.95. The zero-order chi connectivity index (χ0) is 21.7. The van der Waals surface area contributed by atoms with Crippen LogP contribution in [0.15, 0.2) is 35.1 Å². The van der Waals surface area contributed by atoms with Gasteiger partial charge in [0.1, 0.15) is 5.82 Å². The predicted molar refractivity (Wildman–Crippen MR) is 122 cm³/mol. The lowest BCUT2D eigenvalue weighted by atomic mass is 9.77. The number of hydrogen-bond acceptors (Lipinski definition) is 4. The van der Waals surface area contributed by atoms with Crippen LogP contribution in [-0.2, 0) is 37.3 Å². The van der Waals surface area contributed by atoms with Crippen LogP contribution in [0, 0.1) is 11.3 Å². The smallest absolute Gasteiger partial charge is 0.258 e. The highest BCUT2D eigenvalue weighted by Gasteiger charge is 2.43. The maximum absolute atomic E-state index is 13.5. The lowest BCUT2D eigenvalue weighted by Gasteiger charge is -2.38. The number of piperidine rings is 1. The molecule has 0 unspecified atom stereocenters. The van der Waals surface area contributed by atoms with Gasteiger partial charge in [-0.2, -0.15) is 0 Å². The average molecular weight is 433 g/mol. The zero-order valence-corrected chi connectivity index (χ0v) is 18.8. The van der Waals surface area contributed by atoms with Gasteiger partial charge in [0, 0.05) is 58.5 Å². The van der Waals surface area contributed by atoms with Crippen molar-refractivity contribution in [2.75, 3.05) is 19.6 Å². The Hall–Kier alpha value is -2.47. The first-order chi connectivity index (χ1) is 15.6. The first kappa shape index (κ1) is 20.2. The van der Waals surface area contributed by atoms with Crippen LogP contribution in [0.5, 0.6) is 0 Å². The van der Waals surface area contributed by atoms with Gasteiger partial charge in [0.05, 0.1) is 11.3 Å². The van der Waals surface area contributed by atoms with E-state index in [1.165, 1.54) is 18.4 Å². The Morgan fingerprint density at radius 3 is 2.62 bits per heavy atom. The highest BCUT2D eigenvalue weighted by Crippen LogP contribution is 2.41. The minimum absolute atomic E-state index is 0.100. The molecule has 2 fully saturated rings. The van der Waals surface area contributed by atoms with E-state index in [-0.39, 0.29) is 11.0 Å². The number of fused-ring (bicyclic) bond motifs is 2. The third-order valence-electron chi connectivity index (χ3n) is 8.09. The van der Waals surface area contributed by atoms with Crippen molar-refractivity contribution in [3.8, 4) is 0 Å². The van der Waals surface area contributed by atoms with Crippen LogP contribution in [0.3, 0.4) is 0 Å². The highest BCUT2D eigenvalue weighted by molar-refractivity contribution is 5.76. The number of rotatable bonds is 4. The molecule has 32 heavy (non-hydrogen) atoms. The molecule has 168 valence electrons. The van der Waals surface area contributed by atoms with Gasteiger partial charge in [0.15, 0.2) is 0 Å². The second kappa shape index (κ2) is 7.84. The molecule has 6 nitrogen and oxygen atoms in total. The molecule has 3 aliphatic heterocycles. The van der Waals surface area contributed by atoms with Crippen molar-refractivity contribution in [2.24, 2.45) is 11.3 Å². The molecule has 1 aliphatic carbocycles. The highest BCUT2D eigenvalue weighted by atomic mass is 16.2. The van der Waals surface area contributed by atoms with E-state index in [4.69, 9.17) is 4.98 Å². The van der Waals surface area contributed by atoms with E-state index >= 15 is 0 Å². The number of nitrogens with zero attached hydrogens (tertiary/aromatic N) is 4. The lowest BCUT2D eigenvalue weighted by molar-refractivity contribution is -0.133. The molecule has 0 atom stereocenters. The van der Waals surface area contributed by atoms with Gasteiger partial charge in [0.2, 0.25) is 5.91 Å². The summed E-state index contributed by atoms with van der Waals surface area (Å²) in [6.45, 7) is 4.94. The van der Waals surface area contributed by atoms with Crippen molar-refractivity contribution >= 4 is 5.91 Å². The van der Waals surface area contributed by atoms with Gasteiger partial charge in [-0.05, 0) is 42.6 Å². The molecule has 1 saturated carbocycles. The Labute approximate surface area is 189 Å². The molecule has 0 N–H and O–H groups in total. The Balaban J connectivity index is 1.16. The molecule has 1 spiro atoms. The third-order valence-corrected chi connectivity index (χ3v) is 8.09. The Morgan fingerprint density at radius 2 is 1.88 bits per heavy atom. The summed E-state index contributed by atoms with van der Waals surface area (Å²) in [5.41, 5.74) is 3.46. The zero-order valence-electron chi connectivity index (χ0n) is 18.8. The number of hydrogen-bond donors (Lipinski definition) is 0. The first-order valence-corrected chi connectivity index (χ1v) is 12.2. The Morgan fingerprint density at radius 1 is 1.09 bits per heavy atom. The molecule has 6 rings (SSSR count). The second-order valence-corrected chi connectivity index (χ2v) is 10.5. The van der Waals surface area contributed by atoms with Crippen molar-refractivity contribution in [3.63, 3.8) is 0 Å². The summed E-state index contributed by atoms with van der Waals surface area (Å²) < 4.78 is 1.96. The largest absolute Gasteiger partial charge is 0.343 e. The van der Waals surface area contributed by atoms with Crippen LogP contribution >= 0.6 is 0 Å². The molecule has 2 aromatic rings. The Bertz CT molecular complexity index is 1080. The van der Waals surface area contributed by atoms with E-state index in [0.717, 1.165) is 81.9 Å². The van der Waals surface area contributed by atoms with Gasteiger partial charge < -0.3 is 4.90 Å².